The van der Waals surface area contributed by atoms with E-state index in [4.69, 9.17) is 4.74 Å². The second-order valence-electron chi connectivity index (χ2n) is 11.0. The molecule has 0 fully saturated rings. The van der Waals surface area contributed by atoms with Crippen molar-refractivity contribution in [2.45, 2.75) is 77.3 Å². The normalized spacial score (nSPS) is 12.1. The Morgan fingerprint density at radius 2 is 1.53 bits per heavy atom. The highest BCUT2D eigenvalue weighted by molar-refractivity contribution is 7.92. The summed E-state index contributed by atoms with van der Waals surface area (Å²) in [6, 6.07) is 20.3. The minimum atomic E-state index is -4.12. The SMILES string of the molecule is CCCCNC(=O)[C@H](CC)N(Cc1ccc(OC)cc1)C(=O)CN(c1ccc(C(C)C)cc1)S(=O)(=O)c1ccc(C)cc1. The Labute approximate surface area is 257 Å². The fourth-order valence-electron chi connectivity index (χ4n) is 4.75. The van der Waals surface area contributed by atoms with E-state index in [1.54, 1.807) is 55.6 Å². The van der Waals surface area contributed by atoms with Crippen molar-refractivity contribution in [1.29, 1.82) is 0 Å². The maximum Gasteiger partial charge on any atom is 0.264 e. The number of nitrogens with zero attached hydrogens (tertiary/aromatic N) is 2. The molecule has 9 heteroatoms. The first kappa shape index (κ1) is 33.6. The van der Waals surface area contributed by atoms with E-state index in [1.165, 1.54) is 4.90 Å². The molecule has 0 unspecified atom stereocenters. The first-order valence-electron chi connectivity index (χ1n) is 14.9. The van der Waals surface area contributed by atoms with Gasteiger partial charge >= 0.3 is 0 Å². The van der Waals surface area contributed by atoms with E-state index in [0.717, 1.165) is 33.8 Å². The van der Waals surface area contributed by atoms with Crippen molar-refractivity contribution in [3.63, 3.8) is 0 Å². The van der Waals surface area contributed by atoms with E-state index < -0.39 is 28.5 Å². The zero-order valence-electron chi connectivity index (χ0n) is 26.2. The quantitative estimate of drug-likeness (QED) is 0.212. The minimum Gasteiger partial charge on any atom is -0.497 e. The number of amides is 2. The van der Waals surface area contributed by atoms with Crippen LogP contribution in [-0.4, -0.2) is 51.4 Å². The molecule has 0 saturated carbocycles. The third kappa shape index (κ3) is 8.83. The van der Waals surface area contributed by atoms with Crippen molar-refractivity contribution in [1.82, 2.24) is 10.2 Å². The van der Waals surface area contributed by atoms with Crippen LogP contribution in [0.15, 0.2) is 77.7 Å². The predicted molar refractivity (Wildman–Crippen MR) is 172 cm³/mol. The van der Waals surface area contributed by atoms with E-state index in [-0.39, 0.29) is 23.3 Å². The largest absolute Gasteiger partial charge is 0.497 e. The number of anilines is 1. The highest BCUT2D eigenvalue weighted by Gasteiger charge is 2.33. The first-order chi connectivity index (χ1) is 20.5. The summed E-state index contributed by atoms with van der Waals surface area (Å²) in [5.41, 5.74) is 3.15. The summed E-state index contributed by atoms with van der Waals surface area (Å²) in [5, 5.41) is 2.95. The average Bonchev–Trinajstić information content (AvgIpc) is 3.00. The van der Waals surface area contributed by atoms with Gasteiger partial charge in [-0.1, -0.05) is 76.1 Å². The number of rotatable bonds is 15. The van der Waals surface area contributed by atoms with Gasteiger partial charge in [-0.15, -0.1) is 0 Å². The standard InChI is InChI=1S/C34H45N3O5S/c1-7-9-22-35-34(39)32(8-2)36(23-27-12-18-30(42-6)19-13-27)33(38)24-37(29-16-14-28(15-17-29)25(3)4)43(40,41)31-20-10-26(5)11-21-31/h10-21,25,32H,7-9,22-24H2,1-6H3,(H,35,39)/t32-/m0/s1. The molecule has 1 N–H and O–H groups in total. The number of methoxy groups -OCH3 is 1. The van der Waals surface area contributed by atoms with Gasteiger partial charge in [0, 0.05) is 13.1 Å². The van der Waals surface area contributed by atoms with Crippen LogP contribution in [0.1, 0.15) is 69.6 Å². The van der Waals surface area contributed by atoms with Crippen LogP contribution in [0, 0.1) is 6.92 Å². The first-order valence-corrected chi connectivity index (χ1v) is 16.3. The predicted octanol–water partition coefficient (Wildman–Crippen LogP) is 6.05. The van der Waals surface area contributed by atoms with Gasteiger partial charge in [-0.3, -0.25) is 13.9 Å². The van der Waals surface area contributed by atoms with Crippen molar-refractivity contribution in [2.75, 3.05) is 24.5 Å². The number of ether oxygens (including phenoxy) is 1. The number of hydrogen-bond acceptors (Lipinski definition) is 5. The van der Waals surface area contributed by atoms with Crippen LogP contribution in [0.3, 0.4) is 0 Å². The summed E-state index contributed by atoms with van der Waals surface area (Å²) in [7, 11) is -2.54. The molecule has 43 heavy (non-hydrogen) atoms. The van der Waals surface area contributed by atoms with Crippen LogP contribution in [0.25, 0.3) is 0 Å². The lowest BCUT2D eigenvalue weighted by Crippen LogP contribution is -2.52. The van der Waals surface area contributed by atoms with Crippen LogP contribution in [-0.2, 0) is 26.2 Å². The molecular weight excluding hydrogens is 562 g/mol. The molecule has 0 aliphatic carbocycles. The van der Waals surface area contributed by atoms with Gasteiger partial charge < -0.3 is 15.0 Å². The zero-order valence-corrected chi connectivity index (χ0v) is 27.0. The molecule has 3 aromatic carbocycles. The molecule has 8 nitrogen and oxygen atoms in total. The molecule has 0 radical (unpaired) electrons. The molecule has 0 heterocycles. The Morgan fingerprint density at radius 1 is 0.907 bits per heavy atom. The third-order valence-corrected chi connectivity index (χ3v) is 9.25. The Kier molecular flexibility index (Phi) is 12.2. The molecule has 1 atom stereocenters. The number of benzene rings is 3. The zero-order chi connectivity index (χ0) is 31.6. The summed E-state index contributed by atoms with van der Waals surface area (Å²) in [6.07, 6.45) is 2.12. The van der Waals surface area contributed by atoms with Crippen LogP contribution in [0.5, 0.6) is 5.75 Å². The average molecular weight is 608 g/mol. The Hall–Kier alpha value is -3.85. The molecule has 3 rings (SSSR count). The number of hydrogen-bond donors (Lipinski definition) is 1. The Balaban J connectivity index is 2.04. The number of aryl methyl sites for hydroxylation is 1. The summed E-state index contributed by atoms with van der Waals surface area (Å²) >= 11 is 0. The molecule has 0 aliphatic rings. The van der Waals surface area contributed by atoms with Crippen molar-refractivity contribution in [3.8, 4) is 5.75 Å². The van der Waals surface area contributed by atoms with Gasteiger partial charge in [-0.2, -0.15) is 0 Å². The molecule has 0 spiro atoms. The topological polar surface area (TPSA) is 96.0 Å². The van der Waals surface area contributed by atoms with Gasteiger partial charge in [0.1, 0.15) is 18.3 Å². The van der Waals surface area contributed by atoms with Crippen LogP contribution < -0.4 is 14.4 Å². The molecule has 0 aromatic heterocycles. The molecule has 2 amide bonds. The molecule has 3 aromatic rings. The lowest BCUT2D eigenvalue weighted by molar-refractivity contribution is -0.140. The van der Waals surface area contributed by atoms with Gasteiger partial charge in [0.05, 0.1) is 17.7 Å². The van der Waals surface area contributed by atoms with Crippen LogP contribution in [0.2, 0.25) is 0 Å². The van der Waals surface area contributed by atoms with E-state index in [0.29, 0.717) is 24.4 Å². The lowest BCUT2D eigenvalue weighted by Gasteiger charge is -2.33. The minimum absolute atomic E-state index is 0.0879. The monoisotopic (exact) mass is 607 g/mol. The number of sulfonamides is 1. The van der Waals surface area contributed by atoms with Gasteiger partial charge in [0.15, 0.2) is 0 Å². The van der Waals surface area contributed by atoms with Gasteiger partial charge in [-0.25, -0.2) is 8.42 Å². The summed E-state index contributed by atoms with van der Waals surface area (Å²) in [6.45, 7) is 10.1. The summed E-state index contributed by atoms with van der Waals surface area (Å²) < 4.78 is 34.5. The summed E-state index contributed by atoms with van der Waals surface area (Å²) in [4.78, 5) is 29.1. The highest BCUT2D eigenvalue weighted by atomic mass is 32.2. The smallest absolute Gasteiger partial charge is 0.264 e. The van der Waals surface area contributed by atoms with Gasteiger partial charge in [-0.05, 0) is 73.2 Å². The van der Waals surface area contributed by atoms with Crippen LogP contribution >= 0.6 is 0 Å². The van der Waals surface area contributed by atoms with Crippen molar-refractivity contribution >= 4 is 27.5 Å². The van der Waals surface area contributed by atoms with E-state index in [1.807, 2.05) is 45.0 Å². The number of nitrogens with one attached hydrogen (secondary N) is 1. The van der Waals surface area contributed by atoms with E-state index in [2.05, 4.69) is 19.2 Å². The van der Waals surface area contributed by atoms with Crippen molar-refractivity contribution in [2.24, 2.45) is 0 Å². The highest BCUT2D eigenvalue weighted by Crippen LogP contribution is 2.27. The fourth-order valence-corrected chi connectivity index (χ4v) is 6.16. The van der Waals surface area contributed by atoms with Gasteiger partial charge in [0.25, 0.3) is 10.0 Å². The molecule has 0 saturated heterocycles. The second-order valence-corrected chi connectivity index (χ2v) is 12.9. The van der Waals surface area contributed by atoms with E-state index in [9.17, 15) is 18.0 Å². The maximum atomic E-state index is 14.2. The van der Waals surface area contributed by atoms with Crippen molar-refractivity contribution in [3.05, 3.63) is 89.5 Å². The molecule has 232 valence electrons. The Morgan fingerprint density at radius 3 is 2.07 bits per heavy atom. The van der Waals surface area contributed by atoms with Crippen molar-refractivity contribution < 1.29 is 22.7 Å². The Bertz CT molecular complexity index is 1440. The van der Waals surface area contributed by atoms with E-state index >= 15 is 0 Å². The number of unbranched alkanes of at least 4 members (excludes halogenated alkanes) is 1. The lowest BCUT2D eigenvalue weighted by atomic mass is 10.0. The second kappa shape index (κ2) is 15.6. The third-order valence-electron chi connectivity index (χ3n) is 7.46. The molecule has 0 aliphatic heterocycles. The number of carbonyl (C=O) groups excluding carboxylic acids is 2. The van der Waals surface area contributed by atoms with Crippen LogP contribution in [0.4, 0.5) is 5.69 Å². The molecular formula is C34H45N3O5S. The van der Waals surface area contributed by atoms with Gasteiger partial charge in [0.2, 0.25) is 11.8 Å². The maximum absolute atomic E-state index is 14.2. The fraction of sp³-hybridized carbons (Fsp3) is 0.412. The number of carbonyl (C=O) groups is 2. The summed E-state index contributed by atoms with van der Waals surface area (Å²) in [5.74, 6) is 0.199. The molecule has 0 bridgehead atoms.